The number of hydrogen-bond donors (Lipinski definition) is 1. The predicted molar refractivity (Wildman–Crippen MR) is 66.0 cm³/mol. The first-order valence-corrected chi connectivity index (χ1v) is 7.03. The Labute approximate surface area is 104 Å². The molecule has 0 fully saturated rings. The topological polar surface area (TPSA) is 67.8 Å². The van der Waals surface area contributed by atoms with E-state index in [2.05, 4.69) is 20.5 Å². The first kappa shape index (κ1) is 11.5. The molecule has 0 spiro atoms. The van der Waals surface area contributed by atoms with Crippen molar-refractivity contribution in [3.8, 4) is 0 Å². The third kappa shape index (κ3) is 3.00. The largest absolute Gasteiger partial charge is 0.301 e. The van der Waals surface area contributed by atoms with Crippen LogP contribution in [0.4, 0.5) is 5.13 Å². The first-order valence-electron chi connectivity index (χ1n) is 4.39. The van der Waals surface area contributed by atoms with Crippen LogP contribution in [0.25, 0.3) is 0 Å². The molecule has 16 heavy (non-hydrogen) atoms. The summed E-state index contributed by atoms with van der Waals surface area (Å²) in [6.07, 6.45) is 1.66. The Balaban J connectivity index is 1.90. The summed E-state index contributed by atoms with van der Waals surface area (Å²) >= 11 is 4.21. The van der Waals surface area contributed by atoms with Crippen molar-refractivity contribution in [2.24, 2.45) is 0 Å². The van der Waals surface area contributed by atoms with Gasteiger partial charge < -0.3 is 5.32 Å². The molecule has 0 bridgehead atoms. The predicted octanol–water partition coefficient (Wildman–Crippen LogP) is 2.11. The Kier molecular flexibility index (Phi) is 3.86. The number of nitrogens with one attached hydrogen (secondary N) is 1. The third-order valence-electron chi connectivity index (χ3n) is 1.65. The van der Waals surface area contributed by atoms with E-state index in [1.807, 2.05) is 12.3 Å². The standard InChI is InChI=1S/C8H8N4OS3/c1-5(16-8-12-10-4-15-8)6(13)11-7-9-2-3-14-7/h2-5H,1H3,(H,9,11,13). The van der Waals surface area contributed by atoms with Crippen LogP contribution < -0.4 is 5.32 Å². The molecular formula is C8H8N4OS3. The molecule has 8 heteroatoms. The second kappa shape index (κ2) is 5.37. The highest BCUT2D eigenvalue weighted by molar-refractivity contribution is 8.02. The van der Waals surface area contributed by atoms with E-state index in [-0.39, 0.29) is 11.2 Å². The summed E-state index contributed by atoms with van der Waals surface area (Å²) in [7, 11) is 0. The van der Waals surface area contributed by atoms with Crippen LogP contribution in [0.3, 0.4) is 0 Å². The van der Waals surface area contributed by atoms with Crippen molar-refractivity contribution in [3.05, 3.63) is 17.1 Å². The number of hydrogen-bond acceptors (Lipinski definition) is 7. The molecule has 2 heterocycles. The summed E-state index contributed by atoms with van der Waals surface area (Å²) in [5, 5.41) is 12.6. The Hall–Kier alpha value is -0.990. The summed E-state index contributed by atoms with van der Waals surface area (Å²) < 4.78 is 0.793. The molecule has 1 unspecified atom stereocenters. The fourth-order valence-electron chi connectivity index (χ4n) is 0.911. The number of carbonyl (C=O) groups is 1. The van der Waals surface area contributed by atoms with Gasteiger partial charge in [0.15, 0.2) is 9.47 Å². The van der Waals surface area contributed by atoms with Gasteiger partial charge in [0.25, 0.3) is 0 Å². The molecule has 0 aromatic carbocycles. The maximum absolute atomic E-state index is 11.7. The molecule has 0 radical (unpaired) electrons. The lowest BCUT2D eigenvalue weighted by molar-refractivity contribution is -0.115. The van der Waals surface area contributed by atoms with Gasteiger partial charge in [-0.05, 0) is 6.92 Å². The maximum atomic E-state index is 11.7. The van der Waals surface area contributed by atoms with Gasteiger partial charge in [-0.15, -0.1) is 21.5 Å². The van der Waals surface area contributed by atoms with E-state index in [9.17, 15) is 4.79 Å². The van der Waals surface area contributed by atoms with E-state index in [0.717, 1.165) is 4.34 Å². The number of thiazole rings is 1. The monoisotopic (exact) mass is 272 g/mol. The van der Waals surface area contributed by atoms with Gasteiger partial charge in [0.1, 0.15) is 5.51 Å². The highest BCUT2D eigenvalue weighted by atomic mass is 32.2. The number of nitrogens with zero attached hydrogens (tertiary/aromatic N) is 3. The van der Waals surface area contributed by atoms with Crippen molar-refractivity contribution in [2.75, 3.05) is 5.32 Å². The van der Waals surface area contributed by atoms with Crippen LogP contribution in [0, 0.1) is 0 Å². The molecule has 2 aromatic rings. The highest BCUT2D eigenvalue weighted by Gasteiger charge is 2.16. The SMILES string of the molecule is CC(Sc1nncs1)C(=O)Nc1nccs1. The molecule has 0 saturated carbocycles. The van der Waals surface area contributed by atoms with E-state index in [4.69, 9.17) is 0 Å². The zero-order chi connectivity index (χ0) is 11.4. The van der Waals surface area contributed by atoms with Gasteiger partial charge in [-0.25, -0.2) is 4.98 Å². The lowest BCUT2D eigenvalue weighted by atomic mass is 10.4. The Bertz CT molecular complexity index is 442. The molecule has 5 nitrogen and oxygen atoms in total. The summed E-state index contributed by atoms with van der Waals surface area (Å²) in [5.74, 6) is -0.0739. The molecule has 1 atom stereocenters. The number of aromatic nitrogens is 3. The minimum absolute atomic E-state index is 0.0739. The molecular weight excluding hydrogens is 264 g/mol. The zero-order valence-corrected chi connectivity index (χ0v) is 10.7. The second-order valence-electron chi connectivity index (χ2n) is 2.79. The zero-order valence-electron chi connectivity index (χ0n) is 8.28. The summed E-state index contributed by atoms with van der Waals surface area (Å²) in [6.45, 7) is 1.83. The average molecular weight is 272 g/mol. The van der Waals surface area contributed by atoms with Crippen LogP contribution in [-0.2, 0) is 4.79 Å². The van der Waals surface area contributed by atoms with Crippen molar-refractivity contribution >= 4 is 45.5 Å². The number of amides is 1. The minimum atomic E-state index is -0.211. The number of thioether (sulfide) groups is 1. The minimum Gasteiger partial charge on any atom is -0.301 e. The van der Waals surface area contributed by atoms with Crippen molar-refractivity contribution in [1.29, 1.82) is 0 Å². The van der Waals surface area contributed by atoms with Gasteiger partial charge in [-0.2, -0.15) is 0 Å². The molecule has 0 aliphatic heterocycles. The molecule has 1 amide bonds. The molecule has 84 valence electrons. The van der Waals surface area contributed by atoms with E-state index in [1.165, 1.54) is 34.4 Å². The van der Waals surface area contributed by atoms with Crippen molar-refractivity contribution in [1.82, 2.24) is 15.2 Å². The summed E-state index contributed by atoms with van der Waals surface area (Å²) in [4.78, 5) is 15.7. The summed E-state index contributed by atoms with van der Waals surface area (Å²) in [5.41, 5.74) is 1.65. The molecule has 2 rings (SSSR count). The number of carbonyl (C=O) groups excluding carboxylic acids is 1. The Morgan fingerprint density at radius 1 is 1.56 bits per heavy atom. The average Bonchev–Trinajstić information content (AvgIpc) is 2.90. The van der Waals surface area contributed by atoms with E-state index >= 15 is 0 Å². The second-order valence-corrected chi connectivity index (χ2v) is 6.11. The number of anilines is 1. The van der Waals surface area contributed by atoms with Crippen LogP contribution in [0.15, 0.2) is 21.4 Å². The van der Waals surface area contributed by atoms with Crippen LogP contribution in [-0.4, -0.2) is 26.3 Å². The van der Waals surface area contributed by atoms with E-state index in [1.54, 1.807) is 11.7 Å². The molecule has 0 aliphatic carbocycles. The third-order valence-corrected chi connectivity index (χ3v) is 4.25. The molecule has 0 aliphatic rings. The fraction of sp³-hybridized carbons (Fsp3) is 0.250. The van der Waals surface area contributed by atoms with Crippen molar-refractivity contribution in [2.45, 2.75) is 16.5 Å². The van der Waals surface area contributed by atoms with Gasteiger partial charge in [0.05, 0.1) is 5.25 Å². The smallest absolute Gasteiger partial charge is 0.239 e. The Morgan fingerprint density at radius 2 is 2.44 bits per heavy atom. The fourth-order valence-corrected chi connectivity index (χ4v) is 3.07. The van der Waals surface area contributed by atoms with Crippen LogP contribution in [0.1, 0.15) is 6.92 Å². The van der Waals surface area contributed by atoms with Gasteiger partial charge in [-0.3, -0.25) is 4.79 Å². The first-order chi connectivity index (χ1) is 7.75. The lowest BCUT2D eigenvalue weighted by Gasteiger charge is -2.07. The van der Waals surface area contributed by atoms with Crippen LogP contribution in [0.5, 0.6) is 0 Å². The van der Waals surface area contributed by atoms with Gasteiger partial charge in [0.2, 0.25) is 5.91 Å². The van der Waals surface area contributed by atoms with Gasteiger partial charge >= 0.3 is 0 Å². The lowest BCUT2D eigenvalue weighted by Crippen LogP contribution is -2.22. The molecule has 2 aromatic heterocycles. The summed E-state index contributed by atoms with van der Waals surface area (Å²) in [6, 6.07) is 0. The van der Waals surface area contributed by atoms with Gasteiger partial charge in [-0.1, -0.05) is 23.1 Å². The molecule has 0 saturated heterocycles. The number of rotatable bonds is 4. The van der Waals surface area contributed by atoms with Crippen molar-refractivity contribution in [3.63, 3.8) is 0 Å². The van der Waals surface area contributed by atoms with E-state index in [0.29, 0.717) is 5.13 Å². The van der Waals surface area contributed by atoms with Crippen molar-refractivity contribution < 1.29 is 4.79 Å². The van der Waals surface area contributed by atoms with Crippen LogP contribution >= 0.6 is 34.4 Å². The van der Waals surface area contributed by atoms with Crippen LogP contribution in [0.2, 0.25) is 0 Å². The van der Waals surface area contributed by atoms with Gasteiger partial charge in [0, 0.05) is 11.6 Å². The highest BCUT2D eigenvalue weighted by Crippen LogP contribution is 2.25. The van der Waals surface area contributed by atoms with E-state index < -0.39 is 0 Å². The quantitative estimate of drug-likeness (QED) is 0.863. The normalized spacial score (nSPS) is 12.3. The Morgan fingerprint density at radius 3 is 3.06 bits per heavy atom. The maximum Gasteiger partial charge on any atom is 0.239 e. The molecule has 1 N–H and O–H groups in total.